The standard InChI is InChI=1S/C12H18/c1-2-4-6-8-10-12-11-9-7-5-3-1/h1-4,11-12H,5-10H2/b3-1?,4-2?,12-11+. The van der Waals surface area contributed by atoms with Gasteiger partial charge in [-0.15, -0.1) is 0 Å². The fraction of sp³-hybridized carbons (Fsp3) is 0.500. The summed E-state index contributed by atoms with van der Waals surface area (Å²) in [5, 5.41) is 0. The molecule has 0 heterocycles. The monoisotopic (exact) mass is 162 g/mol. The van der Waals surface area contributed by atoms with Crippen LogP contribution in [-0.4, -0.2) is 0 Å². The van der Waals surface area contributed by atoms with Gasteiger partial charge in [0, 0.05) is 0 Å². The molecule has 0 amide bonds. The molecule has 0 aromatic carbocycles. The van der Waals surface area contributed by atoms with Crippen LogP contribution in [0.3, 0.4) is 0 Å². The van der Waals surface area contributed by atoms with Gasteiger partial charge in [0.2, 0.25) is 0 Å². The molecule has 0 atom stereocenters. The van der Waals surface area contributed by atoms with Gasteiger partial charge < -0.3 is 0 Å². The lowest BCUT2D eigenvalue weighted by atomic mass is 10.1. The Balaban J connectivity index is 2.30. The third-order valence-electron chi connectivity index (χ3n) is 2.03. The Morgan fingerprint density at radius 1 is 0.500 bits per heavy atom. The molecule has 0 bridgehead atoms. The predicted molar refractivity (Wildman–Crippen MR) is 55.1 cm³/mol. The molecular formula is C12H18. The summed E-state index contributed by atoms with van der Waals surface area (Å²) in [6.07, 6.45) is 21.0. The van der Waals surface area contributed by atoms with E-state index in [4.69, 9.17) is 0 Å². The van der Waals surface area contributed by atoms with E-state index in [0.29, 0.717) is 0 Å². The number of hydrogen-bond donors (Lipinski definition) is 0. The van der Waals surface area contributed by atoms with Crippen LogP contribution in [0, 0.1) is 0 Å². The Kier molecular flexibility index (Phi) is 5.35. The van der Waals surface area contributed by atoms with Crippen LogP contribution in [0.2, 0.25) is 0 Å². The van der Waals surface area contributed by atoms with Crippen molar-refractivity contribution in [2.45, 2.75) is 38.5 Å². The topological polar surface area (TPSA) is 0 Å². The zero-order valence-electron chi connectivity index (χ0n) is 7.71. The molecule has 0 nitrogen and oxygen atoms in total. The van der Waals surface area contributed by atoms with E-state index in [9.17, 15) is 0 Å². The van der Waals surface area contributed by atoms with Gasteiger partial charge in [-0.1, -0.05) is 36.5 Å². The highest BCUT2D eigenvalue weighted by Gasteiger charge is 1.83. The first kappa shape index (κ1) is 9.31. The molecule has 12 heavy (non-hydrogen) atoms. The molecule has 0 aromatic rings. The van der Waals surface area contributed by atoms with E-state index in [2.05, 4.69) is 36.5 Å². The van der Waals surface area contributed by atoms with Crippen LogP contribution in [0.5, 0.6) is 0 Å². The first-order chi connectivity index (χ1) is 6.00. The van der Waals surface area contributed by atoms with Crippen molar-refractivity contribution < 1.29 is 0 Å². The van der Waals surface area contributed by atoms with Gasteiger partial charge in [-0.05, 0) is 38.5 Å². The lowest BCUT2D eigenvalue weighted by Gasteiger charge is -1.93. The van der Waals surface area contributed by atoms with Crippen LogP contribution in [0.25, 0.3) is 0 Å². The average Bonchev–Trinajstić information content (AvgIpc) is 2.05. The summed E-state index contributed by atoms with van der Waals surface area (Å²) < 4.78 is 0. The average molecular weight is 162 g/mol. The molecule has 0 N–H and O–H groups in total. The minimum absolute atomic E-state index is 1.22. The van der Waals surface area contributed by atoms with E-state index in [1.807, 2.05) is 0 Å². The largest absolute Gasteiger partial charge is 0.0885 e. The summed E-state index contributed by atoms with van der Waals surface area (Å²) >= 11 is 0. The van der Waals surface area contributed by atoms with Crippen molar-refractivity contribution in [1.82, 2.24) is 0 Å². The van der Waals surface area contributed by atoms with Gasteiger partial charge in [0.25, 0.3) is 0 Å². The highest BCUT2D eigenvalue weighted by molar-refractivity contribution is 5.02. The first-order valence-electron chi connectivity index (χ1n) is 4.97. The highest BCUT2D eigenvalue weighted by Crippen LogP contribution is 2.03. The second-order valence-electron chi connectivity index (χ2n) is 3.19. The van der Waals surface area contributed by atoms with Crippen molar-refractivity contribution in [1.29, 1.82) is 0 Å². The minimum atomic E-state index is 1.22. The third kappa shape index (κ3) is 4.95. The Labute approximate surface area is 75.7 Å². The Hall–Kier alpha value is -0.780. The summed E-state index contributed by atoms with van der Waals surface area (Å²) in [6, 6.07) is 0. The molecule has 0 fully saturated rings. The summed E-state index contributed by atoms with van der Waals surface area (Å²) in [6.45, 7) is 0. The van der Waals surface area contributed by atoms with Crippen LogP contribution in [0.15, 0.2) is 36.5 Å². The molecule has 1 aliphatic rings. The Morgan fingerprint density at radius 2 is 0.917 bits per heavy atom. The maximum absolute atomic E-state index is 2.32. The Morgan fingerprint density at radius 3 is 1.42 bits per heavy atom. The number of allylic oxidation sites excluding steroid dienone is 6. The molecule has 0 heteroatoms. The molecule has 0 saturated carbocycles. The molecule has 0 saturated heterocycles. The second kappa shape index (κ2) is 6.90. The maximum Gasteiger partial charge on any atom is -0.0345 e. The van der Waals surface area contributed by atoms with E-state index in [0.717, 1.165) is 0 Å². The maximum atomic E-state index is 2.32. The predicted octanol–water partition coefficient (Wildman–Crippen LogP) is 4.01. The lowest BCUT2D eigenvalue weighted by molar-refractivity contribution is 0.838. The molecule has 0 spiro atoms. The van der Waals surface area contributed by atoms with Crippen LogP contribution in [-0.2, 0) is 0 Å². The Bertz CT molecular complexity index is 152. The van der Waals surface area contributed by atoms with E-state index in [1.165, 1.54) is 38.5 Å². The normalized spacial score (nSPS) is 22.7. The van der Waals surface area contributed by atoms with Gasteiger partial charge in [-0.25, -0.2) is 0 Å². The molecule has 0 aliphatic heterocycles. The molecule has 0 unspecified atom stereocenters. The SMILES string of the molecule is C1=CCCC/C=C/CCCC=C1. The van der Waals surface area contributed by atoms with Crippen molar-refractivity contribution >= 4 is 0 Å². The van der Waals surface area contributed by atoms with Crippen molar-refractivity contribution in [2.24, 2.45) is 0 Å². The van der Waals surface area contributed by atoms with Crippen molar-refractivity contribution in [3.05, 3.63) is 36.5 Å². The number of hydrogen-bond acceptors (Lipinski definition) is 0. The fourth-order valence-corrected chi connectivity index (χ4v) is 1.29. The molecule has 0 radical (unpaired) electrons. The zero-order valence-corrected chi connectivity index (χ0v) is 7.71. The zero-order chi connectivity index (χ0) is 8.49. The van der Waals surface area contributed by atoms with Crippen LogP contribution >= 0.6 is 0 Å². The van der Waals surface area contributed by atoms with E-state index in [1.54, 1.807) is 0 Å². The summed E-state index contributed by atoms with van der Waals surface area (Å²) in [7, 11) is 0. The summed E-state index contributed by atoms with van der Waals surface area (Å²) in [5.74, 6) is 0. The molecule has 1 aliphatic carbocycles. The third-order valence-corrected chi connectivity index (χ3v) is 2.03. The van der Waals surface area contributed by atoms with Crippen molar-refractivity contribution in [3.63, 3.8) is 0 Å². The van der Waals surface area contributed by atoms with Crippen LogP contribution < -0.4 is 0 Å². The smallest absolute Gasteiger partial charge is 0.0345 e. The molecule has 0 aromatic heterocycles. The van der Waals surface area contributed by atoms with Gasteiger partial charge in [0.15, 0.2) is 0 Å². The highest BCUT2D eigenvalue weighted by atomic mass is 13.9. The summed E-state index contributed by atoms with van der Waals surface area (Å²) in [4.78, 5) is 0. The van der Waals surface area contributed by atoms with Crippen LogP contribution in [0.4, 0.5) is 0 Å². The second-order valence-corrected chi connectivity index (χ2v) is 3.19. The van der Waals surface area contributed by atoms with E-state index >= 15 is 0 Å². The molecule has 66 valence electrons. The first-order valence-corrected chi connectivity index (χ1v) is 4.97. The minimum Gasteiger partial charge on any atom is -0.0885 e. The van der Waals surface area contributed by atoms with Gasteiger partial charge >= 0.3 is 0 Å². The van der Waals surface area contributed by atoms with E-state index in [-0.39, 0.29) is 0 Å². The molecule has 1 rings (SSSR count). The van der Waals surface area contributed by atoms with E-state index < -0.39 is 0 Å². The molecular weight excluding hydrogens is 144 g/mol. The van der Waals surface area contributed by atoms with Gasteiger partial charge in [-0.2, -0.15) is 0 Å². The van der Waals surface area contributed by atoms with Crippen molar-refractivity contribution in [3.8, 4) is 0 Å². The number of rotatable bonds is 0. The van der Waals surface area contributed by atoms with Crippen molar-refractivity contribution in [2.75, 3.05) is 0 Å². The quantitative estimate of drug-likeness (QED) is 0.472. The summed E-state index contributed by atoms with van der Waals surface area (Å²) in [5.41, 5.74) is 0. The van der Waals surface area contributed by atoms with Crippen LogP contribution in [0.1, 0.15) is 38.5 Å². The van der Waals surface area contributed by atoms with Gasteiger partial charge in [-0.3, -0.25) is 0 Å². The fourth-order valence-electron chi connectivity index (χ4n) is 1.29. The lowest BCUT2D eigenvalue weighted by Crippen LogP contribution is -1.73. The van der Waals surface area contributed by atoms with Gasteiger partial charge in [0.05, 0.1) is 0 Å². The van der Waals surface area contributed by atoms with Gasteiger partial charge in [0.1, 0.15) is 0 Å².